The molecule has 13 heavy (non-hydrogen) atoms. The summed E-state index contributed by atoms with van der Waals surface area (Å²) >= 11 is 5.73. The number of hydrogen-bond donors (Lipinski definition) is 1. The fraction of sp³-hybridized carbons (Fsp3) is 0.111. The Hall–Kier alpha value is 0.0600. The third-order valence-electron chi connectivity index (χ3n) is 1.81. The van der Waals surface area contributed by atoms with Gasteiger partial charge in [-0.15, -0.1) is 23.1 Å². The molecule has 1 heterocycles. The van der Waals surface area contributed by atoms with Crippen LogP contribution in [0.2, 0.25) is 0 Å². The van der Waals surface area contributed by atoms with Crippen molar-refractivity contribution in [3.05, 3.63) is 21.1 Å². The minimum atomic E-state index is 0.390. The summed E-state index contributed by atoms with van der Waals surface area (Å²) in [4.78, 5) is 1.19. The van der Waals surface area contributed by atoms with Crippen LogP contribution < -0.4 is 0 Å². The van der Waals surface area contributed by atoms with Crippen LogP contribution in [0.25, 0.3) is 10.1 Å². The molecule has 1 aromatic heterocycles. The van der Waals surface area contributed by atoms with Crippen molar-refractivity contribution >= 4 is 55.8 Å². The number of rotatable bonds is 1. The number of thioether (sulfide) groups is 1. The van der Waals surface area contributed by atoms with Gasteiger partial charge in [0.1, 0.15) is 5.75 Å². The average molecular weight is 322 g/mol. The molecule has 0 fully saturated rings. The maximum atomic E-state index is 9.69. The first-order valence-electron chi connectivity index (χ1n) is 3.68. The standard InChI is InChI=1S/C9H7IOS2/c1-12-8-7-5(11)3-2-4-6(7)13-9(8)10/h2-4,11H,1H3. The Morgan fingerprint density at radius 2 is 2.23 bits per heavy atom. The second-order valence-electron chi connectivity index (χ2n) is 2.56. The summed E-state index contributed by atoms with van der Waals surface area (Å²) in [5, 5.41) is 10.7. The van der Waals surface area contributed by atoms with E-state index in [0.717, 1.165) is 10.1 Å². The van der Waals surface area contributed by atoms with Crippen LogP contribution in [0, 0.1) is 2.88 Å². The van der Waals surface area contributed by atoms with Crippen molar-refractivity contribution in [1.29, 1.82) is 0 Å². The lowest BCUT2D eigenvalue weighted by molar-refractivity contribution is 0.481. The zero-order chi connectivity index (χ0) is 9.42. The molecule has 2 aromatic rings. The van der Waals surface area contributed by atoms with Gasteiger partial charge in [-0.2, -0.15) is 0 Å². The molecule has 0 aliphatic rings. The molecule has 4 heteroatoms. The van der Waals surface area contributed by atoms with E-state index in [1.54, 1.807) is 29.2 Å². The highest BCUT2D eigenvalue weighted by Gasteiger charge is 2.11. The number of aromatic hydroxyl groups is 1. The predicted octanol–water partition coefficient (Wildman–Crippen LogP) is 3.93. The summed E-state index contributed by atoms with van der Waals surface area (Å²) in [6, 6.07) is 5.67. The number of hydrogen-bond acceptors (Lipinski definition) is 3. The van der Waals surface area contributed by atoms with Gasteiger partial charge < -0.3 is 5.11 Å². The maximum Gasteiger partial charge on any atom is 0.125 e. The lowest BCUT2D eigenvalue weighted by atomic mass is 10.2. The molecule has 1 aromatic carbocycles. The van der Waals surface area contributed by atoms with Crippen LogP contribution >= 0.6 is 45.7 Å². The number of thiophene rings is 1. The Balaban J connectivity index is 2.88. The smallest absolute Gasteiger partial charge is 0.125 e. The monoisotopic (exact) mass is 322 g/mol. The topological polar surface area (TPSA) is 20.2 Å². The van der Waals surface area contributed by atoms with E-state index >= 15 is 0 Å². The van der Waals surface area contributed by atoms with Gasteiger partial charge in [-0.25, -0.2) is 0 Å². The Morgan fingerprint density at radius 3 is 2.92 bits per heavy atom. The third kappa shape index (κ3) is 1.55. The van der Waals surface area contributed by atoms with Gasteiger partial charge in [-0.05, 0) is 41.0 Å². The molecule has 1 nitrogen and oxygen atoms in total. The number of phenols is 1. The first-order valence-corrected chi connectivity index (χ1v) is 6.80. The molecule has 0 aliphatic carbocycles. The SMILES string of the molecule is CSc1c(I)sc2cccc(O)c12. The van der Waals surface area contributed by atoms with Crippen LogP contribution in [-0.4, -0.2) is 11.4 Å². The van der Waals surface area contributed by atoms with Gasteiger partial charge in [0.05, 0.1) is 2.88 Å². The molecule has 68 valence electrons. The molecule has 0 atom stereocenters. The van der Waals surface area contributed by atoms with Gasteiger partial charge in [0.25, 0.3) is 0 Å². The normalized spacial score (nSPS) is 10.9. The summed E-state index contributed by atoms with van der Waals surface area (Å²) < 4.78 is 2.41. The molecule has 0 saturated heterocycles. The predicted molar refractivity (Wildman–Crippen MR) is 68.0 cm³/mol. The lowest BCUT2D eigenvalue weighted by Gasteiger charge is -1.97. The summed E-state index contributed by atoms with van der Waals surface area (Å²) in [6.07, 6.45) is 2.04. The zero-order valence-corrected chi connectivity index (χ0v) is 10.7. The van der Waals surface area contributed by atoms with Gasteiger partial charge in [0, 0.05) is 15.0 Å². The highest BCUT2D eigenvalue weighted by atomic mass is 127. The van der Waals surface area contributed by atoms with E-state index in [9.17, 15) is 5.11 Å². The number of fused-ring (bicyclic) bond motifs is 1. The van der Waals surface area contributed by atoms with Gasteiger partial charge in [-0.1, -0.05) is 6.07 Å². The number of benzene rings is 1. The Bertz CT molecular complexity index is 450. The second-order valence-corrected chi connectivity index (χ2v) is 6.24. The largest absolute Gasteiger partial charge is 0.507 e. The van der Waals surface area contributed by atoms with Crippen molar-refractivity contribution in [3.8, 4) is 5.75 Å². The first kappa shape index (κ1) is 9.61. The van der Waals surface area contributed by atoms with Crippen LogP contribution in [0.15, 0.2) is 23.1 Å². The van der Waals surface area contributed by atoms with Crippen LogP contribution in [0.4, 0.5) is 0 Å². The van der Waals surface area contributed by atoms with Crippen molar-refractivity contribution in [2.75, 3.05) is 6.26 Å². The Kier molecular flexibility index (Phi) is 2.71. The molecule has 1 N–H and O–H groups in total. The molecule has 0 spiro atoms. The van der Waals surface area contributed by atoms with Crippen molar-refractivity contribution < 1.29 is 5.11 Å². The van der Waals surface area contributed by atoms with Crippen molar-refractivity contribution in [2.24, 2.45) is 0 Å². The van der Waals surface area contributed by atoms with Crippen molar-refractivity contribution in [1.82, 2.24) is 0 Å². The van der Waals surface area contributed by atoms with Crippen molar-refractivity contribution in [2.45, 2.75) is 4.90 Å². The van der Waals surface area contributed by atoms with Gasteiger partial charge in [0.2, 0.25) is 0 Å². The molecule has 0 unspecified atom stereocenters. The van der Waals surface area contributed by atoms with Crippen LogP contribution in [0.5, 0.6) is 5.75 Å². The van der Waals surface area contributed by atoms with E-state index < -0.39 is 0 Å². The van der Waals surface area contributed by atoms with Gasteiger partial charge >= 0.3 is 0 Å². The van der Waals surface area contributed by atoms with E-state index in [4.69, 9.17) is 0 Å². The van der Waals surface area contributed by atoms with Crippen LogP contribution in [0.3, 0.4) is 0 Å². The molecule has 2 rings (SSSR count). The highest BCUT2D eigenvalue weighted by molar-refractivity contribution is 14.1. The second kappa shape index (κ2) is 3.67. The molecule has 0 aliphatic heterocycles. The van der Waals surface area contributed by atoms with Gasteiger partial charge in [0.15, 0.2) is 0 Å². The molecular formula is C9H7IOS2. The zero-order valence-electron chi connectivity index (χ0n) is 6.87. The summed E-state index contributed by atoms with van der Waals surface area (Å²) in [5.41, 5.74) is 0. The first-order chi connectivity index (χ1) is 6.24. The Morgan fingerprint density at radius 1 is 1.46 bits per heavy atom. The summed E-state index contributed by atoms with van der Waals surface area (Å²) in [7, 11) is 0. The summed E-state index contributed by atoms with van der Waals surface area (Å²) in [6.45, 7) is 0. The molecule has 0 radical (unpaired) electrons. The third-order valence-corrected chi connectivity index (χ3v) is 5.27. The summed E-state index contributed by atoms with van der Waals surface area (Å²) in [5.74, 6) is 0.390. The van der Waals surface area contributed by atoms with Crippen LogP contribution in [-0.2, 0) is 0 Å². The molecule has 0 saturated carbocycles. The fourth-order valence-electron chi connectivity index (χ4n) is 1.26. The Labute approximate surface area is 98.3 Å². The number of phenolic OH excluding ortho intramolecular Hbond substituents is 1. The quantitative estimate of drug-likeness (QED) is 0.634. The van der Waals surface area contributed by atoms with E-state index in [1.807, 2.05) is 18.4 Å². The minimum absolute atomic E-state index is 0.390. The van der Waals surface area contributed by atoms with E-state index in [1.165, 1.54) is 7.78 Å². The van der Waals surface area contributed by atoms with Crippen LogP contribution in [0.1, 0.15) is 0 Å². The van der Waals surface area contributed by atoms with Gasteiger partial charge in [-0.3, -0.25) is 0 Å². The number of halogens is 1. The maximum absolute atomic E-state index is 9.69. The highest BCUT2D eigenvalue weighted by Crippen LogP contribution is 2.41. The fourth-order valence-corrected chi connectivity index (χ4v) is 4.76. The minimum Gasteiger partial charge on any atom is -0.507 e. The van der Waals surface area contributed by atoms with Crippen molar-refractivity contribution in [3.63, 3.8) is 0 Å². The van der Waals surface area contributed by atoms with E-state index in [0.29, 0.717) is 5.75 Å². The van der Waals surface area contributed by atoms with E-state index in [-0.39, 0.29) is 0 Å². The molecular weight excluding hydrogens is 315 g/mol. The van der Waals surface area contributed by atoms with E-state index in [2.05, 4.69) is 22.6 Å². The lowest BCUT2D eigenvalue weighted by Crippen LogP contribution is -1.70. The molecule has 0 bridgehead atoms. The average Bonchev–Trinajstić information content (AvgIpc) is 2.42. The molecule has 0 amide bonds.